The number of carbonyl (C=O) groups is 2. The third-order valence-electron chi connectivity index (χ3n) is 5.30. The van der Waals surface area contributed by atoms with Crippen LogP contribution >= 0.6 is 0 Å². The number of carbonyl (C=O) groups excluding carboxylic acids is 2. The summed E-state index contributed by atoms with van der Waals surface area (Å²) in [6.07, 6.45) is 25.1. The molecule has 0 atom stereocenters. The summed E-state index contributed by atoms with van der Waals surface area (Å²) in [7, 11) is 0. The van der Waals surface area contributed by atoms with Crippen LogP contribution in [-0.4, -0.2) is 23.3 Å². The van der Waals surface area contributed by atoms with Gasteiger partial charge in [0.15, 0.2) is 5.78 Å². The SMILES string of the molecule is CCCCC/C=C\C/C=C\CCCCCCCC(=O)/C=C/COC(=O)c1ccc([N+](=O)[O-])cc1. The molecule has 0 radical (unpaired) electrons. The van der Waals surface area contributed by atoms with E-state index in [-0.39, 0.29) is 23.6 Å². The lowest BCUT2D eigenvalue weighted by atomic mass is 10.1. The van der Waals surface area contributed by atoms with Gasteiger partial charge < -0.3 is 4.74 Å². The molecule has 0 saturated carbocycles. The summed E-state index contributed by atoms with van der Waals surface area (Å²) < 4.78 is 5.05. The normalized spacial score (nSPS) is 11.6. The van der Waals surface area contributed by atoms with Crippen molar-refractivity contribution in [1.82, 2.24) is 0 Å². The maximum atomic E-state index is 11.9. The van der Waals surface area contributed by atoms with Gasteiger partial charge in [0.25, 0.3) is 5.69 Å². The van der Waals surface area contributed by atoms with Crippen molar-refractivity contribution in [3.05, 3.63) is 76.4 Å². The Morgan fingerprint density at radius 1 is 0.853 bits per heavy atom. The Morgan fingerprint density at radius 2 is 1.47 bits per heavy atom. The van der Waals surface area contributed by atoms with Crippen LogP contribution in [0.5, 0.6) is 0 Å². The summed E-state index contributed by atoms with van der Waals surface area (Å²) in [5, 5.41) is 10.6. The molecule has 0 amide bonds. The smallest absolute Gasteiger partial charge is 0.338 e. The predicted octanol–water partition coefficient (Wildman–Crippen LogP) is 7.69. The number of ketones is 1. The number of nitro groups is 1. The topological polar surface area (TPSA) is 86.5 Å². The Morgan fingerprint density at radius 3 is 2.12 bits per heavy atom. The van der Waals surface area contributed by atoms with Crippen LogP contribution in [0.1, 0.15) is 94.3 Å². The van der Waals surface area contributed by atoms with Crippen molar-refractivity contribution in [3.8, 4) is 0 Å². The molecule has 1 aromatic carbocycles. The summed E-state index contributed by atoms with van der Waals surface area (Å²) in [6.45, 7) is 2.21. The lowest BCUT2D eigenvalue weighted by Gasteiger charge is -2.01. The average molecular weight is 470 g/mol. The van der Waals surface area contributed by atoms with Crippen LogP contribution in [0.15, 0.2) is 60.7 Å². The fraction of sp³-hybridized carbons (Fsp3) is 0.500. The molecule has 0 unspecified atom stereocenters. The number of nitrogens with zero attached hydrogens (tertiary/aromatic N) is 1. The van der Waals surface area contributed by atoms with E-state index in [9.17, 15) is 19.7 Å². The van der Waals surface area contributed by atoms with Gasteiger partial charge in [-0.15, -0.1) is 0 Å². The van der Waals surface area contributed by atoms with Crippen LogP contribution in [0.25, 0.3) is 0 Å². The van der Waals surface area contributed by atoms with E-state index in [1.807, 2.05) is 0 Å². The molecule has 0 aromatic heterocycles. The predicted molar refractivity (Wildman–Crippen MR) is 137 cm³/mol. The minimum Gasteiger partial charge on any atom is -0.458 e. The van der Waals surface area contributed by atoms with Crippen LogP contribution in [0.2, 0.25) is 0 Å². The largest absolute Gasteiger partial charge is 0.458 e. The molecule has 0 bridgehead atoms. The third kappa shape index (κ3) is 14.9. The van der Waals surface area contributed by atoms with Gasteiger partial charge in [-0.05, 0) is 62.8 Å². The fourth-order valence-corrected chi connectivity index (χ4v) is 3.30. The van der Waals surface area contributed by atoms with Crippen molar-refractivity contribution in [1.29, 1.82) is 0 Å². The second-order valence-electron chi connectivity index (χ2n) is 8.25. The number of hydrogen-bond acceptors (Lipinski definition) is 5. The van der Waals surface area contributed by atoms with Crippen molar-refractivity contribution >= 4 is 17.4 Å². The standard InChI is InChI=1S/C28H39NO5/c1-2-3-4-5-6-7-8-9-10-11-12-13-14-15-16-18-27(30)19-17-24-34-28(31)25-20-22-26(23-21-25)29(32)33/h6-7,9-10,17,19-23H,2-5,8,11-16,18,24H2,1H3/b7-6-,10-9-,19-17+. The van der Waals surface area contributed by atoms with E-state index in [1.165, 1.54) is 74.9 Å². The number of ether oxygens (including phenoxy) is 1. The molecule has 6 nitrogen and oxygen atoms in total. The number of rotatable bonds is 19. The average Bonchev–Trinajstić information content (AvgIpc) is 2.84. The summed E-state index contributed by atoms with van der Waals surface area (Å²) in [4.78, 5) is 33.9. The zero-order valence-electron chi connectivity index (χ0n) is 20.5. The zero-order chi connectivity index (χ0) is 24.9. The molecular weight excluding hydrogens is 430 g/mol. The Hall–Kier alpha value is -3.02. The Kier molecular flexibility index (Phi) is 16.6. The maximum Gasteiger partial charge on any atom is 0.338 e. The van der Waals surface area contributed by atoms with E-state index < -0.39 is 10.9 Å². The van der Waals surface area contributed by atoms with E-state index in [0.717, 1.165) is 32.1 Å². The number of non-ortho nitro benzene ring substituents is 1. The zero-order valence-corrected chi connectivity index (χ0v) is 20.5. The molecule has 1 aromatic rings. The Labute approximate surface area is 203 Å². The lowest BCUT2D eigenvalue weighted by Crippen LogP contribution is -2.05. The van der Waals surface area contributed by atoms with Crippen molar-refractivity contribution < 1.29 is 19.2 Å². The quantitative estimate of drug-likeness (QED) is 0.0517. The van der Waals surface area contributed by atoms with Crippen molar-refractivity contribution in [2.45, 2.75) is 84.0 Å². The molecule has 1 rings (SSSR count). The minimum absolute atomic E-state index is 0.0102. The Balaban J connectivity index is 2.00. The van der Waals surface area contributed by atoms with Gasteiger partial charge in [0.1, 0.15) is 6.61 Å². The van der Waals surface area contributed by atoms with Gasteiger partial charge in [0.2, 0.25) is 0 Å². The second kappa shape index (κ2) is 19.4. The van der Waals surface area contributed by atoms with Crippen molar-refractivity contribution in [2.75, 3.05) is 6.61 Å². The molecular formula is C28H39NO5. The highest BCUT2D eigenvalue weighted by Gasteiger charge is 2.09. The third-order valence-corrected chi connectivity index (χ3v) is 5.30. The highest BCUT2D eigenvalue weighted by Crippen LogP contribution is 2.13. The molecule has 0 N–H and O–H groups in total. The first-order valence-corrected chi connectivity index (χ1v) is 12.5. The minimum atomic E-state index is -0.583. The van der Waals surface area contributed by atoms with Gasteiger partial charge in [0.05, 0.1) is 10.5 Å². The highest BCUT2D eigenvalue weighted by molar-refractivity contribution is 5.90. The molecule has 34 heavy (non-hydrogen) atoms. The molecule has 186 valence electrons. The molecule has 0 spiro atoms. The molecule has 0 saturated heterocycles. The summed E-state index contributed by atoms with van der Waals surface area (Å²) in [6, 6.07) is 5.20. The molecule has 0 aliphatic carbocycles. The lowest BCUT2D eigenvalue weighted by molar-refractivity contribution is -0.384. The molecule has 0 aliphatic heterocycles. The van der Waals surface area contributed by atoms with E-state index in [1.54, 1.807) is 0 Å². The number of esters is 1. The van der Waals surface area contributed by atoms with Gasteiger partial charge in [-0.3, -0.25) is 14.9 Å². The van der Waals surface area contributed by atoms with Gasteiger partial charge in [-0.25, -0.2) is 4.79 Å². The van der Waals surface area contributed by atoms with Gasteiger partial charge in [0, 0.05) is 18.6 Å². The number of unbranched alkanes of at least 4 members (excludes halogenated alkanes) is 8. The number of allylic oxidation sites excluding steroid dienone is 5. The highest BCUT2D eigenvalue weighted by atomic mass is 16.6. The molecule has 0 aliphatic rings. The monoisotopic (exact) mass is 469 g/mol. The number of nitro benzene ring substituents is 1. The van der Waals surface area contributed by atoms with Crippen LogP contribution in [0.3, 0.4) is 0 Å². The van der Waals surface area contributed by atoms with Crippen LogP contribution < -0.4 is 0 Å². The van der Waals surface area contributed by atoms with E-state index in [4.69, 9.17) is 4.74 Å². The van der Waals surface area contributed by atoms with Gasteiger partial charge in [-0.1, -0.05) is 63.3 Å². The first-order valence-electron chi connectivity index (χ1n) is 12.5. The molecule has 0 heterocycles. The van der Waals surface area contributed by atoms with Gasteiger partial charge >= 0.3 is 5.97 Å². The van der Waals surface area contributed by atoms with Crippen LogP contribution in [0, 0.1) is 10.1 Å². The van der Waals surface area contributed by atoms with Gasteiger partial charge in [-0.2, -0.15) is 0 Å². The second-order valence-corrected chi connectivity index (χ2v) is 8.25. The first kappa shape index (κ1) is 29.0. The summed E-state index contributed by atoms with van der Waals surface area (Å²) in [5.74, 6) is -0.558. The summed E-state index contributed by atoms with van der Waals surface area (Å²) >= 11 is 0. The number of benzene rings is 1. The molecule has 6 heteroatoms. The molecule has 0 fully saturated rings. The summed E-state index contributed by atoms with van der Waals surface area (Å²) in [5.41, 5.74) is 0.144. The van der Waals surface area contributed by atoms with Crippen molar-refractivity contribution in [2.24, 2.45) is 0 Å². The number of hydrogen-bond donors (Lipinski definition) is 0. The van der Waals surface area contributed by atoms with Crippen LogP contribution in [-0.2, 0) is 9.53 Å². The van der Waals surface area contributed by atoms with E-state index >= 15 is 0 Å². The maximum absolute atomic E-state index is 11.9. The fourth-order valence-electron chi connectivity index (χ4n) is 3.30. The van der Waals surface area contributed by atoms with E-state index in [0.29, 0.717) is 6.42 Å². The Bertz CT molecular complexity index is 809. The van der Waals surface area contributed by atoms with Crippen LogP contribution in [0.4, 0.5) is 5.69 Å². The first-order chi connectivity index (χ1) is 16.5. The van der Waals surface area contributed by atoms with E-state index in [2.05, 4.69) is 31.2 Å². The van der Waals surface area contributed by atoms with Crippen molar-refractivity contribution in [3.63, 3.8) is 0 Å².